The zero-order valence-electron chi connectivity index (χ0n) is 24.0. The summed E-state index contributed by atoms with van der Waals surface area (Å²) in [6.07, 6.45) is 0.688. The van der Waals surface area contributed by atoms with E-state index >= 15 is 0 Å². The highest BCUT2D eigenvalue weighted by Crippen LogP contribution is 2.29. The van der Waals surface area contributed by atoms with Gasteiger partial charge in [-0.15, -0.1) is 0 Å². The maximum Gasteiger partial charge on any atom is 0.251 e. The van der Waals surface area contributed by atoms with Crippen LogP contribution in [-0.2, 0) is 9.59 Å². The van der Waals surface area contributed by atoms with E-state index in [4.69, 9.17) is 0 Å². The zero-order chi connectivity index (χ0) is 29.9. The molecule has 0 bridgehead atoms. The van der Waals surface area contributed by atoms with Crippen molar-refractivity contribution in [3.8, 4) is 11.3 Å². The highest BCUT2D eigenvalue weighted by molar-refractivity contribution is 5.99. The number of anilines is 2. The molecule has 1 atom stereocenters. The molecule has 2 saturated heterocycles. The fourth-order valence-electron chi connectivity index (χ4n) is 5.83. The number of H-pyrrole nitrogens is 1. The minimum atomic E-state index is -0.311. The van der Waals surface area contributed by atoms with Gasteiger partial charge < -0.3 is 20.4 Å². The summed E-state index contributed by atoms with van der Waals surface area (Å²) in [6, 6.07) is 19.2. The van der Waals surface area contributed by atoms with Crippen molar-refractivity contribution in [2.75, 3.05) is 63.1 Å². The van der Waals surface area contributed by atoms with Gasteiger partial charge in [-0.3, -0.25) is 24.4 Å². The van der Waals surface area contributed by atoms with Crippen molar-refractivity contribution in [1.29, 1.82) is 0 Å². The van der Waals surface area contributed by atoms with Crippen LogP contribution in [0, 0.1) is 11.7 Å². The Kier molecular flexibility index (Phi) is 8.06. The Morgan fingerprint density at radius 3 is 2.42 bits per heavy atom. The van der Waals surface area contributed by atoms with Crippen molar-refractivity contribution < 1.29 is 18.8 Å². The number of hydrogen-bond acceptors (Lipinski definition) is 6. The first kappa shape index (κ1) is 28.4. The highest BCUT2D eigenvalue weighted by atomic mass is 19.1. The molecule has 0 unspecified atom stereocenters. The van der Waals surface area contributed by atoms with Gasteiger partial charge >= 0.3 is 0 Å². The Hall–Kier alpha value is -4.77. The van der Waals surface area contributed by atoms with Gasteiger partial charge in [0, 0.05) is 67.7 Å². The fourth-order valence-corrected chi connectivity index (χ4v) is 5.83. The minimum absolute atomic E-state index is 0.0721. The van der Waals surface area contributed by atoms with Gasteiger partial charge in [0.15, 0.2) is 0 Å². The van der Waals surface area contributed by atoms with E-state index in [2.05, 4.69) is 30.6 Å². The van der Waals surface area contributed by atoms with Crippen molar-refractivity contribution >= 4 is 40.0 Å². The molecule has 4 aromatic rings. The van der Waals surface area contributed by atoms with Gasteiger partial charge in [-0.2, -0.15) is 5.10 Å². The summed E-state index contributed by atoms with van der Waals surface area (Å²) in [7, 11) is 1.61. The first-order valence-corrected chi connectivity index (χ1v) is 14.5. The van der Waals surface area contributed by atoms with E-state index in [-0.39, 0.29) is 29.5 Å². The molecule has 3 aromatic carbocycles. The number of carbonyl (C=O) groups is 3. The van der Waals surface area contributed by atoms with Crippen LogP contribution in [0.25, 0.3) is 22.2 Å². The van der Waals surface area contributed by atoms with Gasteiger partial charge in [-0.25, -0.2) is 4.39 Å². The molecule has 2 fully saturated rings. The van der Waals surface area contributed by atoms with Crippen LogP contribution in [-0.4, -0.2) is 90.6 Å². The van der Waals surface area contributed by atoms with Crippen LogP contribution in [0.2, 0.25) is 0 Å². The third-order valence-electron chi connectivity index (χ3n) is 8.30. The number of amides is 3. The SMILES string of the molecule is CNC(=O)c1ccc(N2CCN(C(=O)CN3CC[C@@H](C(=O)Nc4ccc5[nH]nc(-c6ccc(F)cc6)c5c4)C3)CC2)cc1. The minimum Gasteiger partial charge on any atom is -0.368 e. The van der Waals surface area contributed by atoms with Crippen molar-refractivity contribution in [3.63, 3.8) is 0 Å². The zero-order valence-corrected chi connectivity index (χ0v) is 24.0. The number of likely N-dealkylation sites (tertiary alicyclic amines) is 1. The number of hydrogen-bond donors (Lipinski definition) is 3. The third-order valence-corrected chi connectivity index (χ3v) is 8.30. The van der Waals surface area contributed by atoms with Crippen molar-refractivity contribution in [1.82, 2.24) is 25.3 Å². The molecule has 10 nitrogen and oxygen atoms in total. The summed E-state index contributed by atoms with van der Waals surface area (Å²) in [5, 5.41) is 13.9. The summed E-state index contributed by atoms with van der Waals surface area (Å²) in [4.78, 5) is 44.2. The number of nitrogens with zero attached hydrogens (tertiary/aromatic N) is 4. The lowest BCUT2D eigenvalue weighted by atomic mass is 10.1. The number of nitrogens with one attached hydrogen (secondary N) is 3. The predicted molar refractivity (Wildman–Crippen MR) is 163 cm³/mol. The molecule has 0 aliphatic carbocycles. The molecule has 3 amide bonds. The van der Waals surface area contributed by atoms with E-state index in [1.807, 2.05) is 47.4 Å². The van der Waals surface area contributed by atoms with Crippen molar-refractivity contribution in [2.24, 2.45) is 5.92 Å². The van der Waals surface area contributed by atoms with Crippen LogP contribution in [0.1, 0.15) is 16.8 Å². The molecule has 3 N–H and O–H groups in total. The van der Waals surface area contributed by atoms with E-state index in [1.54, 1.807) is 19.2 Å². The summed E-state index contributed by atoms with van der Waals surface area (Å²) in [5.74, 6) is -0.629. The molecule has 43 heavy (non-hydrogen) atoms. The monoisotopic (exact) mass is 583 g/mol. The van der Waals surface area contributed by atoms with Crippen LogP contribution in [0.4, 0.5) is 15.8 Å². The van der Waals surface area contributed by atoms with Crippen molar-refractivity contribution in [3.05, 3.63) is 78.1 Å². The van der Waals surface area contributed by atoms with Crippen LogP contribution in [0.15, 0.2) is 66.7 Å². The second-order valence-electron chi connectivity index (χ2n) is 11.0. The first-order valence-electron chi connectivity index (χ1n) is 14.5. The molecular weight excluding hydrogens is 549 g/mol. The standard InChI is InChI=1S/C32H34FN7O3/c1-34-31(42)22-4-9-26(10-5-22)39-14-16-40(17-15-39)29(41)20-38-13-12-23(19-38)32(43)35-25-8-11-28-27(18-25)30(37-36-28)21-2-6-24(33)7-3-21/h2-11,18,23H,12-17,19-20H2,1H3,(H,34,42)(H,35,43)(H,36,37)/t23-/m1/s1. The van der Waals surface area contributed by atoms with Crippen LogP contribution >= 0.6 is 0 Å². The molecule has 2 aliphatic rings. The van der Waals surface area contributed by atoms with Crippen molar-refractivity contribution in [2.45, 2.75) is 6.42 Å². The third kappa shape index (κ3) is 6.21. The van der Waals surface area contributed by atoms with Gasteiger partial charge in [-0.05, 0) is 79.7 Å². The fraction of sp³-hybridized carbons (Fsp3) is 0.312. The largest absolute Gasteiger partial charge is 0.368 e. The average molecular weight is 584 g/mol. The number of rotatable bonds is 7. The molecule has 6 rings (SSSR count). The summed E-state index contributed by atoms with van der Waals surface area (Å²) in [5.41, 5.74) is 4.61. The molecule has 3 heterocycles. The first-order chi connectivity index (χ1) is 20.9. The number of halogens is 1. The molecule has 222 valence electrons. The summed E-state index contributed by atoms with van der Waals surface area (Å²) < 4.78 is 13.4. The van der Waals surface area contributed by atoms with Crippen LogP contribution in [0.3, 0.4) is 0 Å². The topological polar surface area (TPSA) is 114 Å². The second-order valence-corrected chi connectivity index (χ2v) is 11.0. The highest BCUT2D eigenvalue weighted by Gasteiger charge is 2.31. The molecular formula is C32H34FN7O3. The molecule has 0 radical (unpaired) electrons. The number of carbonyl (C=O) groups excluding carboxylic acids is 3. The summed E-state index contributed by atoms with van der Waals surface area (Å²) in [6.45, 7) is 4.22. The molecule has 1 aromatic heterocycles. The van der Waals surface area contributed by atoms with E-state index in [0.29, 0.717) is 56.1 Å². The Balaban J connectivity index is 0.995. The van der Waals surface area contributed by atoms with E-state index in [1.165, 1.54) is 12.1 Å². The normalized spacial score (nSPS) is 17.3. The number of fused-ring (bicyclic) bond motifs is 1. The number of aromatic nitrogens is 2. The Bertz CT molecular complexity index is 1630. The van der Waals surface area contributed by atoms with E-state index in [9.17, 15) is 18.8 Å². The predicted octanol–water partition coefficient (Wildman–Crippen LogP) is 3.34. The lowest BCUT2D eigenvalue weighted by Gasteiger charge is -2.36. The smallest absolute Gasteiger partial charge is 0.251 e. The van der Waals surface area contributed by atoms with Gasteiger partial charge in [0.2, 0.25) is 11.8 Å². The maximum absolute atomic E-state index is 13.4. The second kappa shape index (κ2) is 12.2. The average Bonchev–Trinajstić information content (AvgIpc) is 3.68. The molecule has 11 heteroatoms. The van der Waals surface area contributed by atoms with E-state index in [0.717, 1.165) is 35.2 Å². The van der Waals surface area contributed by atoms with Crippen LogP contribution in [0.5, 0.6) is 0 Å². The Labute approximate surface area is 248 Å². The van der Waals surface area contributed by atoms with Gasteiger partial charge in [0.1, 0.15) is 5.82 Å². The summed E-state index contributed by atoms with van der Waals surface area (Å²) >= 11 is 0. The lowest BCUT2D eigenvalue weighted by Crippen LogP contribution is -2.51. The van der Waals surface area contributed by atoms with Gasteiger partial charge in [-0.1, -0.05) is 0 Å². The lowest BCUT2D eigenvalue weighted by molar-refractivity contribution is -0.132. The van der Waals surface area contributed by atoms with Gasteiger partial charge in [0.25, 0.3) is 5.91 Å². The Morgan fingerprint density at radius 2 is 1.70 bits per heavy atom. The quantitative estimate of drug-likeness (QED) is 0.308. The van der Waals surface area contributed by atoms with Gasteiger partial charge in [0.05, 0.1) is 23.7 Å². The van der Waals surface area contributed by atoms with Crippen LogP contribution < -0.4 is 15.5 Å². The van der Waals surface area contributed by atoms with E-state index < -0.39 is 0 Å². The molecule has 0 spiro atoms. The molecule has 2 aliphatic heterocycles. The maximum atomic E-state index is 13.4. The number of benzene rings is 3. The number of aromatic amines is 1. The number of piperazine rings is 1. The molecule has 0 saturated carbocycles. The Morgan fingerprint density at radius 1 is 0.953 bits per heavy atom.